The van der Waals surface area contributed by atoms with Crippen LogP contribution in [-0.2, 0) is 9.59 Å². The van der Waals surface area contributed by atoms with Gasteiger partial charge in [-0.3, -0.25) is 9.59 Å². The van der Waals surface area contributed by atoms with E-state index in [-0.39, 0.29) is 29.8 Å². The molecule has 0 bridgehead atoms. The molecule has 2 aliphatic carbocycles. The molecule has 0 heterocycles. The summed E-state index contributed by atoms with van der Waals surface area (Å²) in [5.74, 6) is 0.522. The Bertz CT molecular complexity index is 318. The van der Waals surface area contributed by atoms with Gasteiger partial charge in [-0.1, -0.05) is 24.3 Å². The quantitative estimate of drug-likeness (QED) is 0.551. The smallest absolute Gasteiger partial charge is 0.143 e. The molecule has 2 aliphatic rings. The maximum absolute atomic E-state index is 12.0. The van der Waals surface area contributed by atoms with Crippen LogP contribution in [0.1, 0.15) is 44.9 Å². The van der Waals surface area contributed by atoms with Crippen molar-refractivity contribution in [3.05, 3.63) is 24.3 Å². The Morgan fingerprint density at radius 2 is 1.29 bits per heavy atom. The third-order valence-electron chi connectivity index (χ3n) is 3.80. The van der Waals surface area contributed by atoms with E-state index in [0.29, 0.717) is 0 Å². The molecule has 0 radical (unpaired) electrons. The molecule has 17 heavy (non-hydrogen) atoms. The van der Waals surface area contributed by atoms with Crippen LogP contribution >= 0.6 is 0 Å². The number of carbonyl (C=O) groups excluding carboxylic acids is 2. The molecule has 2 unspecified atom stereocenters. The summed E-state index contributed by atoms with van der Waals surface area (Å²) in [4.78, 5) is 24.0. The van der Waals surface area contributed by atoms with Crippen LogP contribution in [0.4, 0.5) is 0 Å². The molecule has 2 nitrogen and oxygen atoms in total. The van der Waals surface area contributed by atoms with Crippen molar-refractivity contribution < 1.29 is 9.59 Å². The molecule has 0 saturated heterocycles. The van der Waals surface area contributed by atoms with E-state index in [1.54, 1.807) is 0 Å². The monoisotopic (exact) mass is 232 g/mol. The summed E-state index contributed by atoms with van der Waals surface area (Å²) < 4.78 is 0. The molecule has 0 fully saturated rings. The van der Waals surface area contributed by atoms with Crippen LogP contribution in [0.25, 0.3) is 0 Å². The minimum absolute atomic E-state index is 0.100. The SMILES string of the molecule is O=C(CC(=O)C1CC=CCC1)C1CC=CCC1. The minimum Gasteiger partial charge on any atom is -0.299 e. The van der Waals surface area contributed by atoms with Gasteiger partial charge < -0.3 is 0 Å². The highest BCUT2D eigenvalue weighted by Gasteiger charge is 2.25. The fourth-order valence-electron chi connectivity index (χ4n) is 2.63. The molecule has 0 spiro atoms. The Hall–Kier alpha value is -1.18. The third-order valence-corrected chi connectivity index (χ3v) is 3.80. The van der Waals surface area contributed by atoms with Gasteiger partial charge in [-0.2, -0.15) is 0 Å². The predicted octanol–water partition coefficient (Wildman–Crippen LogP) is 3.23. The molecule has 0 aromatic rings. The minimum atomic E-state index is 0.100. The van der Waals surface area contributed by atoms with Crippen molar-refractivity contribution in [2.75, 3.05) is 0 Å². The molecule has 0 aliphatic heterocycles. The molecule has 2 rings (SSSR count). The molecule has 0 amide bonds. The summed E-state index contributed by atoms with van der Waals surface area (Å²) in [5, 5.41) is 0. The number of Topliss-reactive ketones (excluding diaryl/α,β-unsaturated/α-hetero) is 2. The molecule has 0 saturated carbocycles. The average Bonchev–Trinajstić information content (AvgIpc) is 2.40. The van der Waals surface area contributed by atoms with Crippen molar-refractivity contribution in [1.29, 1.82) is 0 Å². The molecule has 2 heteroatoms. The molecule has 0 aromatic heterocycles. The number of hydrogen-bond acceptors (Lipinski definition) is 2. The lowest BCUT2D eigenvalue weighted by molar-refractivity contribution is -0.131. The zero-order valence-corrected chi connectivity index (χ0v) is 10.2. The lowest BCUT2D eigenvalue weighted by Gasteiger charge is -2.19. The zero-order chi connectivity index (χ0) is 12.1. The van der Waals surface area contributed by atoms with E-state index >= 15 is 0 Å². The van der Waals surface area contributed by atoms with Crippen LogP contribution in [0.5, 0.6) is 0 Å². The van der Waals surface area contributed by atoms with Crippen LogP contribution in [0.3, 0.4) is 0 Å². The first kappa shape index (κ1) is 12.3. The molecular weight excluding hydrogens is 212 g/mol. The van der Waals surface area contributed by atoms with Gasteiger partial charge in [0.2, 0.25) is 0 Å². The molecule has 2 atom stereocenters. The summed E-state index contributed by atoms with van der Waals surface area (Å²) in [7, 11) is 0. The highest BCUT2D eigenvalue weighted by Crippen LogP contribution is 2.24. The van der Waals surface area contributed by atoms with Crippen molar-refractivity contribution in [3.63, 3.8) is 0 Å². The van der Waals surface area contributed by atoms with E-state index in [9.17, 15) is 9.59 Å². The van der Waals surface area contributed by atoms with Gasteiger partial charge in [0.25, 0.3) is 0 Å². The lowest BCUT2D eigenvalue weighted by Crippen LogP contribution is -2.24. The fraction of sp³-hybridized carbons (Fsp3) is 0.600. The molecular formula is C15H20O2. The number of carbonyl (C=O) groups is 2. The highest BCUT2D eigenvalue weighted by molar-refractivity contribution is 6.01. The van der Waals surface area contributed by atoms with Gasteiger partial charge in [-0.15, -0.1) is 0 Å². The predicted molar refractivity (Wildman–Crippen MR) is 67.6 cm³/mol. The number of rotatable bonds is 4. The van der Waals surface area contributed by atoms with Crippen LogP contribution in [0.2, 0.25) is 0 Å². The van der Waals surface area contributed by atoms with Crippen LogP contribution in [0, 0.1) is 11.8 Å². The summed E-state index contributed by atoms with van der Waals surface area (Å²) >= 11 is 0. The molecule has 0 N–H and O–H groups in total. The number of allylic oxidation sites excluding steroid dienone is 4. The van der Waals surface area contributed by atoms with Crippen LogP contribution in [-0.4, -0.2) is 11.6 Å². The van der Waals surface area contributed by atoms with Crippen LogP contribution in [0.15, 0.2) is 24.3 Å². The average molecular weight is 232 g/mol. The first-order valence-corrected chi connectivity index (χ1v) is 6.63. The maximum Gasteiger partial charge on any atom is 0.143 e. The standard InChI is InChI=1S/C15H20O2/c16-14(12-7-3-1-4-8-12)11-15(17)13-9-5-2-6-10-13/h1-3,5,12-13H,4,6-11H2. The van der Waals surface area contributed by atoms with Crippen molar-refractivity contribution in [3.8, 4) is 0 Å². The van der Waals surface area contributed by atoms with Crippen molar-refractivity contribution in [2.24, 2.45) is 11.8 Å². The Balaban J connectivity index is 1.83. The Morgan fingerprint density at radius 3 is 1.65 bits per heavy atom. The largest absolute Gasteiger partial charge is 0.299 e. The normalized spacial score (nSPS) is 28.0. The van der Waals surface area contributed by atoms with E-state index in [1.165, 1.54) is 0 Å². The fourth-order valence-corrected chi connectivity index (χ4v) is 2.63. The molecule has 0 aromatic carbocycles. The summed E-state index contributed by atoms with van der Waals surface area (Å²) in [6, 6.07) is 0. The molecule has 92 valence electrons. The van der Waals surface area contributed by atoms with E-state index in [0.717, 1.165) is 38.5 Å². The van der Waals surface area contributed by atoms with Gasteiger partial charge >= 0.3 is 0 Å². The van der Waals surface area contributed by atoms with E-state index in [2.05, 4.69) is 24.3 Å². The van der Waals surface area contributed by atoms with Crippen molar-refractivity contribution in [2.45, 2.75) is 44.9 Å². The van der Waals surface area contributed by atoms with Crippen molar-refractivity contribution in [1.82, 2.24) is 0 Å². The first-order valence-electron chi connectivity index (χ1n) is 6.63. The van der Waals surface area contributed by atoms with Gasteiger partial charge in [-0.25, -0.2) is 0 Å². The van der Waals surface area contributed by atoms with E-state index < -0.39 is 0 Å². The summed E-state index contributed by atoms with van der Waals surface area (Å²) in [5.41, 5.74) is 0. The van der Waals surface area contributed by atoms with Gasteiger partial charge in [0.05, 0.1) is 6.42 Å². The maximum atomic E-state index is 12.0. The van der Waals surface area contributed by atoms with Crippen molar-refractivity contribution >= 4 is 11.6 Å². The van der Waals surface area contributed by atoms with E-state index in [4.69, 9.17) is 0 Å². The lowest BCUT2D eigenvalue weighted by atomic mass is 9.84. The summed E-state index contributed by atoms with van der Waals surface area (Å²) in [6.45, 7) is 0. The highest BCUT2D eigenvalue weighted by atomic mass is 16.1. The van der Waals surface area contributed by atoms with E-state index in [1.807, 2.05) is 0 Å². The Labute approximate surface area is 103 Å². The Morgan fingerprint density at radius 1 is 0.824 bits per heavy atom. The van der Waals surface area contributed by atoms with Gasteiger partial charge in [-0.05, 0) is 38.5 Å². The van der Waals surface area contributed by atoms with Gasteiger partial charge in [0.15, 0.2) is 0 Å². The first-order chi connectivity index (χ1) is 8.27. The Kier molecular flexibility index (Phi) is 4.29. The number of ketones is 2. The summed E-state index contributed by atoms with van der Waals surface area (Å²) in [6.07, 6.45) is 14.0. The second kappa shape index (κ2) is 5.95. The third kappa shape index (κ3) is 3.39. The number of hydrogen-bond donors (Lipinski definition) is 0. The van der Waals surface area contributed by atoms with Gasteiger partial charge in [0, 0.05) is 11.8 Å². The topological polar surface area (TPSA) is 34.1 Å². The second-order valence-electron chi connectivity index (χ2n) is 5.07. The zero-order valence-electron chi connectivity index (χ0n) is 10.2. The van der Waals surface area contributed by atoms with Gasteiger partial charge in [0.1, 0.15) is 11.6 Å². The van der Waals surface area contributed by atoms with Crippen LogP contribution < -0.4 is 0 Å². The second-order valence-corrected chi connectivity index (χ2v) is 5.07.